The number of carbonyl (C=O) groups is 3. The second kappa shape index (κ2) is 11.0. The largest absolute Gasteiger partial charge is 0.507 e. The van der Waals surface area contributed by atoms with E-state index < -0.39 is 48.0 Å². The van der Waals surface area contributed by atoms with Gasteiger partial charge in [-0.05, 0) is 24.5 Å². The molecule has 1 fully saturated rings. The van der Waals surface area contributed by atoms with E-state index in [2.05, 4.69) is 0 Å². The van der Waals surface area contributed by atoms with Gasteiger partial charge in [-0.1, -0.05) is 30.3 Å². The van der Waals surface area contributed by atoms with Gasteiger partial charge in [-0.25, -0.2) is 0 Å². The summed E-state index contributed by atoms with van der Waals surface area (Å²) in [6, 6.07) is 10.8. The number of aryl methyl sites for hydroxylation is 1. The molecule has 0 amide bonds. The van der Waals surface area contributed by atoms with Crippen molar-refractivity contribution in [1.82, 2.24) is 4.57 Å². The van der Waals surface area contributed by atoms with Crippen LogP contribution in [0.2, 0.25) is 0 Å². The van der Waals surface area contributed by atoms with Gasteiger partial charge in [0.25, 0.3) is 5.56 Å². The van der Waals surface area contributed by atoms with E-state index in [9.17, 15) is 24.3 Å². The van der Waals surface area contributed by atoms with Crippen LogP contribution in [0.4, 0.5) is 0 Å². The molecule has 2 heterocycles. The van der Waals surface area contributed by atoms with Crippen molar-refractivity contribution in [2.24, 2.45) is 0 Å². The van der Waals surface area contributed by atoms with Gasteiger partial charge in [-0.15, -0.1) is 0 Å². The number of hydrogen-bond donors (Lipinski definition) is 1. The molecule has 1 aromatic carbocycles. The first-order chi connectivity index (χ1) is 16.2. The highest BCUT2D eigenvalue weighted by Gasteiger charge is 2.50. The van der Waals surface area contributed by atoms with Crippen LogP contribution >= 0.6 is 0 Å². The first kappa shape index (κ1) is 25.0. The van der Waals surface area contributed by atoms with E-state index in [-0.39, 0.29) is 24.3 Å². The lowest BCUT2D eigenvalue weighted by molar-refractivity contribution is -0.166. The van der Waals surface area contributed by atoms with Crippen LogP contribution in [0.3, 0.4) is 0 Å². The minimum atomic E-state index is -1.19. The highest BCUT2D eigenvalue weighted by atomic mass is 16.7. The van der Waals surface area contributed by atoms with Gasteiger partial charge in [-0.2, -0.15) is 0 Å². The van der Waals surface area contributed by atoms with Crippen LogP contribution in [0, 0.1) is 0 Å². The second-order valence-electron chi connectivity index (χ2n) is 7.89. The number of pyridine rings is 1. The number of rotatable bonds is 8. The number of ether oxygens (including phenoxy) is 4. The van der Waals surface area contributed by atoms with Gasteiger partial charge in [0.1, 0.15) is 18.5 Å². The Morgan fingerprint density at radius 1 is 0.941 bits per heavy atom. The molecule has 34 heavy (non-hydrogen) atoms. The number of aromatic nitrogens is 1. The fraction of sp³-hybridized carbons (Fsp3) is 0.417. The summed E-state index contributed by atoms with van der Waals surface area (Å²) in [6.07, 6.45) is -2.41. The van der Waals surface area contributed by atoms with Gasteiger partial charge in [-0.3, -0.25) is 23.7 Å². The van der Waals surface area contributed by atoms with Crippen LogP contribution in [0.1, 0.15) is 38.1 Å². The van der Waals surface area contributed by atoms with E-state index in [0.29, 0.717) is 6.42 Å². The fourth-order valence-electron chi connectivity index (χ4n) is 3.85. The minimum Gasteiger partial charge on any atom is -0.507 e. The van der Waals surface area contributed by atoms with Crippen molar-refractivity contribution in [3.05, 3.63) is 64.1 Å². The third-order valence-electron chi connectivity index (χ3n) is 5.32. The Balaban J connectivity index is 1.95. The van der Waals surface area contributed by atoms with Gasteiger partial charge < -0.3 is 24.1 Å². The average Bonchev–Trinajstić information content (AvgIpc) is 3.08. The van der Waals surface area contributed by atoms with E-state index in [4.69, 9.17) is 18.9 Å². The number of benzene rings is 1. The van der Waals surface area contributed by atoms with Crippen LogP contribution in [0.5, 0.6) is 5.75 Å². The Morgan fingerprint density at radius 3 is 2.21 bits per heavy atom. The summed E-state index contributed by atoms with van der Waals surface area (Å²) in [5, 5.41) is 10.3. The second-order valence-corrected chi connectivity index (χ2v) is 7.89. The first-order valence-corrected chi connectivity index (χ1v) is 10.8. The maximum atomic E-state index is 13.3. The summed E-state index contributed by atoms with van der Waals surface area (Å²) in [7, 11) is 0. The molecule has 1 aliphatic rings. The third-order valence-corrected chi connectivity index (χ3v) is 5.32. The quantitative estimate of drug-likeness (QED) is 0.449. The number of nitrogens with zero attached hydrogens (tertiary/aromatic N) is 1. The summed E-state index contributed by atoms with van der Waals surface area (Å²) < 4.78 is 22.8. The van der Waals surface area contributed by atoms with Crippen LogP contribution in [0.25, 0.3) is 0 Å². The molecule has 1 aromatic heterocycles. The molecule has 182 valence electrons. The van der Waals surface area contributed by atoms with Crippen molar-refractivity contribution in [2.75, 3.05) is 6.61 Å². The van der Waals surface area contributed by atoms with Crippen molar-refractivity contribution in [1.29, 1.82) is 0 Å². The van der Waals surface area contributed by atoms with Crippen LogP contribution in [0.15, 0.2) is 47.4 Å². The lowest BCUT2D eigenvalue weighted by Gasteiger charge is -2.24. The molecular weight excluding hydrogens is 446 g/mol. The molecule has 4 atom stereocenters. The molecule has 1 N–H and O–H groups in total. The maximum absolute atomic E-state index is 13.3. The summed E-state index contributed by atoms with van der Waals surface area (Å²) >= 11 is 0. The first-order valence-electron chi connectivity index (χ1n) is 10.8. The number of carbonyl (C=O) groups excluding carboxylic acids is 3. The highest BCUT2D eigenvalue weighted by molar-refractivity contribution is 5.68. The monoisotopic (exact) mass is 473 g/mol. The Bertz CT molecular complexity index is 1100. The molecule has 0 unspecified atom stereocenters. The van der Waals surface area contributed by atoms with E-state index in [1.807, 2.05) is 30.3 Å². The normalized spacial score (nSPS) is 21.6. The zero-order valence-corrected chi connectivity index (χ0v) is 19.1. The highest BCUT2D eigenvalue weighted by Crippen LogP contribution is 2.34. The predicted octanol–water partition coefficient (Wildman–Crippen LogP) is 1.66. The van der Waals surface area contributed by atoms with Gasteiger partial charge in [0.05, 0.1) is 5.56 Å². The van der Waals surface area contributed by atoms with Crippen LogP contribution in [-0.2, 0) is 46.2 Å². The smallest absolute Gasteiger partial charge is 0.303 e. The molecule has 0 saturated carbocycles. The van der Waals surface area contributed by atoms with Crippen molar-refractivity contribution in [2.45, 2.75) is 58.2 Å². The van der Waals surface area contributed by atoms with Crippen molar-refractivity contribution in [3.63, 3.8) is 0 Å². The number of esters is 3. The molecule has 2 aromatic rings. The van der Waals surface area contributed by atoms with Gasteiger partial charge in [0.15, 0.2) is 18.4 Å². The van der Waals surface area contributed by atoms with E-state index in [1.54, 1.807) is 0 Å². The SMILES string of the molecule is CC(=O)OC[C@H]1O[C@@H](n2ccc(O)c(CCc3ccccc3)c2=O)[C@H](OC(C)=O)[C@@H]1OC(C)=O. The lowest BCUT2D eigenvalue weighted by Crippen LogP contribution is -2.41. The molecule has 10 heteroatoms. The summed E-state index contributed by atoms with van der Waals surface area (Å²) in [5.41, 5.74) is 0.597. The van der Waals surface area contributed by atoms with Gasteiger partial charge in [0, 0.05) is 27.0 Å². The zero-order valence-electron chi connectivity index (χ0n) is 19.1. The molecule has 0 aliphatic carbocycles. The van der Waals surface area contributed by atoms with E-state index in [1.165, 1.54) is 37.6 Å². The molecule has 1 aliphatic heterocycles. The Hall–Kier alpha value is -3.66. The van der Waals surface area contributed by atoms with E-state index >= 15 is 0 Å². The molecule has 3 rings (SSSR count). The summed E-state index contributed by atoms with van der Waals surface area (Å²) in [4.78, 5) is 48.2. The summed E-state index contributed by atoms with van der Waals surface area (Å²) in [6.45, 7) is 3.27. The Labute approximate surface area is 196 Å². The topological polar surface area (TPSA) is 130 Å². The van der Waals surface area contributed by atoms with Crippen molar-refractivity contribution in [3.8, 4) is 5.75 Å². The molecule has 0 spiro atoms. The molecule has 1 saturated heterocycles. The molecule has 0 radical (unpaired) electrons. The number of hydrogen-bond acceptors (Lipinski definition) is 9. The van der Waals surface area contributed by atoms with Gasteiger partial charge >= 0.3 is 17.9 Å². The van der Waals surface area contributed by atoms with Gasteiger partial charge in [0.2, 0.25) is 0 Å². The van der Waals surface area contributed by atoms with Crippen molar-refractivity contribution >= 4 is 17.9 Å². The maximum Gasteiger partial charge on any atom is 0.303 e. The average molecular weight is 473 g/mol. The zero-order chi connectivity index (χ0) is 24.8. The number of aromatic hydroxyl groups is 1. The van der Waals surface area contributed by atoms with E-state index in [0.717, 1.165) is 5.56 Å². The Morgan fingerprint density at radius 2 is 1.59 bits per heavy atom. The Kier molecular flexibility index (Phi) is 8.06. The fourth-order valence-corrected chi connectivity index (χ4v) is 3.85. The minimum absolute atomic E-state index is 0.156. The molecule has 10 nitrogen and oxygen atoms in total. The standard InChI is InChI=1S/C24H27NO9/c1-14(26)31-13-20-21(32-15(2)27)22(33-16(3)28)24(34-20)25-12-11-19(29)18(23(25)30)10-9-17-7-5-4-6-8-17/h4-8,11-12,20-22,24,29H,9-10,13H2,1-3H3/t20-,21-,22-,24-/m1/s1. The molecular formula is C24H27NO9. The third kappa shape index (κ3) is 6.02. The van der Waals surface area contributed by atoms with Crippen LogP contribution in [-0.4, -0.2) is 52.5 Å². The van der Waals surface area contributed by atoms with Crippen LogP contribution < -0.4 is 5.56 Å². The van der Waals surface area contributed by atoms with Crippen molar-refractivity contribution < 1.29 is 38.4 Å². The summed E-state index contributed by atoms with van der Waals surface area (Å²) in [5.74, 6) is -2.10. The molecule has 0 bridgehead atoms. The lowest BCUT2D eigenvalue weighted by atomic mass is 10.0. The predicted molar refractivity (Wildman–Crippen MR) is 118 cm³/mol.